The quantitative estimate of drug-likeness (QED) is 0.390. The molecule has 1 N–H and O–H groups in total. The number of esters is 1. The van der Waals surface area contributed by atoms with Crippen LogP contribution in [0, 0.1) is 10.1 Å². The van der Waals surface area contributed by atoms with Crippen molar-refractivity contribution in [3.05, 3.63) is 66.6 Å². The molecule has 2 aromatic rings. The van der Waals surface area contributed by atoms with Gasteiger partial charge in [0.15, 0.2) is 6.61 Å². The number of ether oxygens (including phenoxy) is 1. The van der Waals surface area contributed by atoms with Crippen LogP contribution in [0.25, 0.3) is 0 Å². The lowest BCUT2D eigenvalue weighted by Gasteiger charge is -2.08. The molecular weight excluding hydrogens is 451 g/mol. The summed E-state index contributed by atoms with van der Waals surface area (Å²) in [6, 6.07) is 8.61. The molecule has 0 heterocycles. The Morgan fingerprint density at radius 3 is 2.50 bits per heavy atom. The van der Waals surface area contributed by atoms with Crippen LogP contribution < -0.4 is 5.32 Å². The number of nitro groups is 1. The van der Waals surface area contributed by atoms with Gasteiger partial charge in [0, 0.05) is 16.6 Å². The number of nitrogens with zero attached hydrogens (tertiary/aromatic N) is 1. The highest BCUT2D eigenvalue weighted by molar-refractivity contribution is 9.10. The second-order valence-corrected chi connectivity index (χ2v) is 6.72. The summed E-state index contributed by atoms with van der Waals surface area (Å²) in [5.74, 6) is -1.19. The molecule has 0 atom stereocenters. The number of halogens is 3. The van der Waals surface area contributed by atoms with Crippen LogP contribution >= 0.6 is 39.1 Å². The fourth-order valence-electron chi connectivity index (χ4n) is 1.92. The zero-order valence-corrected chi connectivity index (χ0v) is 16.1. The topological polar surface area (TPSA) is 98.5 Å². The largest absolute Gasteiger partial charge is 0.455 e. The Morgan fingerprint density at radius 1 is 1.15 bits per heavy atom. The number of carbonyl (C=O) groups excluding carboxylic acids is 2. The van der Waals surface area contributed by atoms with E-state index in [-0.39, 0.29) is 12.1 Å². The third kappa shape index (κ3) is 5.69. The summed E-state index contributed by atoms with van der Waals surface area (Å²) in [7, 11) is 0. The summed E-state index contributed by atoms with van der Waals surface area (Å²) in [6.45, 7) is -0.496. The molecule has 26 heavy (non-hydrogen) atoms. The molecule has 0 unspecified atom stereocenters. The van der Waals surface area contributed by atoms with E-state index in [1.807, 2.05) is 0 Å². The van der Waals surface area contributed by atoms with Crippen molar-refractivity contribution >= 4 is 62.4 Å². The van der Waals surface area contributed by atoms with Crippen molar-refractivity contribution in [2.24, 2.45) is 0 Å². The number of carbonyl (C=O) groups is 2. The van der Waals surface area contributed by atoms with Gasteiger partial charge in [0.25, 0.3) is 11.6 Å². The monoisotopic (exact) mass is 460 g/mol. The maximum atomic E-state index is 11.9. The van der Waals surface area contributed by atoms with E-state index in [1.165, 1.54) is 18.2 Å². The molecule has 7 nitrogen and oxygen atoms in total. The molecule has 136 valence electrons. The Kier molecular flexibility index (Phi) is 6.96. The number of hydrogen-bond donors (Lipinski definition) is 1. The van der Waals surface area contributed by atoms with Gasteiger partial charge in [0.1, 0.15) is 0 Å². The van der Waals surface area contributed by atoms with Crippen LogP contribution in [0.5, 0.6) is 0 Å². The lowest BCUT2D eigenvalue weighted by molar-refractivity contribution is -0.384. The Bertz CT molecular complexity index is 876. The van der Waals surface area contributed by atoms with E-state index in [1.54, 1.807) is 18.2 Å². The smallest absolute Gasteiger partial charge is 0.310 e. The molecule has 2 rings (SSSR count). The van der Waals surface area contributed by atoms with Gasteiger partial charge in [-0.25, -0.2) is 0 Å². The van der Waals surface area contributed by atoms with E-state index in [9.17, 15) is 19.7 Å². The molecular formula is C16H11BrCl2N2O5. The fraction of sp³-hybridized carbons (Fsp3) is 0.125. The average Bonchev–Trinajstić information content (AvgIpc) is 2.58. The molecule has 0 aliphatic rings. The maximum Gasteiger partial charge on any atom is 0.310 e. The fourth-order valence-corrected chi connectivity index (χ4v) is 2.71. The number of rotatable bonds is 6. The summed E-state index contributed by atoms with van der Waals surface area (Å²) >= 11 is 14.8. The standard InChI is InChI=1S/C16H11BrCl2N2O5/c17-11-7-10(21(24)25)2-4-14(11)20-15(22)8-26-16(23)6-9-1-3-12(18)13(19)5-9/h1-5,7H,6,8H2,(H,20,22). The molecule has 0 fully saturated rings. The number of nitro benzene ring substituents is 1. The zero-order chi connectivity index (χ0) is 19.3. The molecule has 2 aromatic carbocycles. The molecule has 0 spiro atoms. The Balaban J connectivity index is 1.87. The first-order chi connectivity index (χ1) is 12.3. The van der Waals surface area contributed by atoms with Crippen molar-refractivity contribution in [1.82, 2.24) is 0 Å². The van der Waals surface area contributed by atoms with Gasteiger partial charge in [0.05, 0.1) is 27.1 Å². The predicted octanol–water partition coefficient (Wildman–Crippen LogP) is 4.39. The Labute approximate surface area is 166 Å². The van der Waals surface area contributed by atoms with Crippen molar-refractivity contribution < 1.29 is 19.2 Å². The highest BCUT2D eigenvalue weighted by atomic mass is 79.9. The number of benzene rings is 2. The van der Waals surface area contributed by atoms with Gasteiger partial charge in [-0.15, -0.1) is 0 Å². The van der Waals surface area contributed by atoms with E-state index in [4.69, 9.17) is 27.9 Å². The van der Waals surface area contributed by atoms with Crippen molar-refractivity contribution in [1.29, 1.82) is 0 Å². The highest BCUT2D eigenvalue weighted by Gasteiger charge is 2.13. The first kappa shape index (κ1) is 20.2. The first-order valence-electron chi connectivity index (χ1n) is 7.09. The molecule has 0 bridgehead atoms. The van der Waals surface area contributed by atoms with Crippen LogP contribution in [0.4, 0.5) is 11.4 Å². The second-order valence-electron chi connectivity index (χ2n) is 5.06. The number of hydrogen-bond acceptors (Lipinski definition) is 5. The van der Waals surface area contributed by atoms with Crippen LogP contribution in [0.3, 0.4) is 0 Å². The predicted molar refractivity (Wildman–Crippen MR) is 101 cm³/mol. The van der Waals surface area contributed by atoms with Crippen LogP contribution in [0.2, 0.25) is 10.0 Å². The van der Waals surface area contributed by atoms with Gasteiger partial charge < -0.3 is 10.1 Å². The summed E-state index contributed by atoms with van der Waals surface area (Å²) in [5, 5.41) is 13.9. The highest BCUT2D eigenvalue weighted by Crippen LogP contribution is 2.27. The van der Waals surface area contributed by atoms with Gasteiger partial charge in [0.2, 0.25) is 0 Å². The molecule has 0 saturated heterocycles. The molecule has 0 radical (unpaired) electrons. The minimum absolute atomic E-state index is 0.0641. The summed E-state index contributed by atoms with van der Waals surface area (Å²) in [5.41, 5.74) is 0.798. The Hall–Kier alpha value is -2.16. The van der Waals surface area contributed by atoms with Crippen molar-refractivity contribution in [3.63, 3.8) is 0 Å². The van der Waals surface area contributed by atoms with E-state index >= 15 is 0 Å². The molecule has 0 aliphatic carbocycles. The maximum absolute atomic E-state index is 11.9. The molecule has 0 aromatic heterocycles. The van der Waals surface area contributed by atoms with E-state index in [0.717, 1.165) is 0 Å². The van der Waals surface area contributed by atoms with Gasteiger partial charge in [-0.2, -0.15) is 0 Å². The number of non-ortho nitro benzene ring substituents is 1. The van der Waals surface area contributed by atoms with Crippen LogP contribution in [0.1, 0.15) is 5.56 Å². The summed E-state index contributed by atoms with van der Waals surface area (Å²) in [6.07, 6.45) is -0.0641. The van der Waals surface area contributed by atoms with Gasteiger partial charge in [-0.1, -0.05) is 29.3 Å². The second kappa shape index (κ2) is 8.98. The third-order valence-electron chi connectivity index (χ3n) is 3.13. The van der Waals surface area contributed by atoms with Crippen LogP contribution in [-0.4, -0.2) is 23.4 Å². The van der Waals surface area contributed by atoms with Crippen LogP contribution in [-0.2, 0) is 20.7 Å². The molecule has 0 aliphatic heterocycles. The van der Waals surface area contributed by atoms with Crippen LogP contribution in [0.15, 0.2) is 40.9 Å². The normalized spacial score (nSPS) is 10.3. The average molecular weight is 462 g/mol. The zero-order valence-electron chi connectivity index (χ0n) is 13.0. The first-order valence-corrected chi connectivity index (χ1v) is 8.64. The number of nitrogens with one attached hydrogen (secondary N) is 1. The molecule has 10 heteroatoms. The summed E-state index contributed by atoms with van der Waals surface area (Å²) in [4.78, 5) is 33.8. The van der Waals surface area contributed by atoms with Crippen molar-refractivity contribution in [3.8, 4) is 0 Å². The lowest BCUT2D eigenvalue weighted by atomic mass is 10.1. The lowest BCUT2D eigenvalue weighted by Crippen LogP contribution is -2.21. The minimum Gasteiger partial charge on any atom is -0.455 e. The van der Waals surface area contributed by atoms with E-state index in [0.29, 0.717) is 25.8 Å². The number of anilines is 1. The molecule has 0 saturated carbocycles. The third-order valence-corrected chi connectivity index (χ3v) is 4.53. The van der Waals surface area contributed by atoms with Gasteiger partial charge in [-0.05, 0) is 39.7 Å². The minimum atomic E-state index is -0.610. The van der Waals surface area contributed by atoms with E-state index < -0.39 is 23.4 Å². The molecule has 1 amide bonds. The van der Waals surface area contributed by atoms with Gasteiger partial charge >= 0.3 is 5.97 Å². The van der Waals surface area contributed by atoms with Gasteiger partial charge in [-0.3, -0.25) is 19.7 Å². The van der Waals surface area contributed by atoms with E-state index in [2.05, 4.69) is 21.2 Å². The number of amides is 1. The van der Waals surface area contributed by atoms with Crippen molar-refractivity contribution in [2.75, 3.05) is 11.9 Å². The SMILES string of the molecule is O=C(COC(=O)Cc1ccc(Cl)c(Cl)c1)Nc1ccc([N+](=O)[O-])cc1Br. The Morgan fingerprint density at radius 2 is 1.88 bits per heavy atom. The van der Waals surface area contributed by atoms with Crippen molar-refractivity contribution in [2.45, 2.75) is 6.42 Å². The summed E-state index contributed by atoms with van der Waals surface area (Å²) < 4.78 is 5.24.